The quantitative estimate of drug-likeness (QED) is 0.0346. The van der Waals surface area contributed by atoms with Gasteiger partial charge in [-0.3, -0.25) is 47.9 Å². The van der Waals surface area contributed by atoms with Crippen LogP contribution < -0.4 is 54.8 Å². The summed E-state index contributed by atoms with van der Waals surface area (Å²) in [5.74, 6) is -10.6. The summed E-state index contributed by atoms with van der Waals surface area (Å²) < 4.78 is 25.9. The molecule has 0 radical (unpaired) electrons. The monoisotopic (exact) mass is 1010 g/mol. The number of amides is 10. The molecular weight excluding hydrogens is 935 g/mol. The van der Waals surface area contributed by atoms with Crippen molar-refractivity contribution in [1.82, 2.24) is 36.8 Å². The number of nitrogens with zero attached hydrogens (tertiary/aromatic N) is 1. The zero-order chi connectivity index (χ0) is 53.1. The number of phenols is 1. The van der Waals surface area contributed by atoms with Gasteiger partial charge in [-0.25, -0.2) is 8.42 Å². The summed E-state index contributed by atoms with van der Waals surface area (Å²) in [6, 6.07) is -2.08. The Morgan fingerprint density at radius 1 is 0.771 bits per heavy atom. The maximum atomic E-state index is 14.4. The van der Waals surface area contributed by atoms with Gasteiger partial charge in [-0.2, -0.15) is 0 Å². The van der Waals surface area contributed by atoms with Crippen molar-refractivity contribution < 1.29 is 61.5 Å². The van der Waals surface area contributed by atoms with Gasteiger partial charge < -0.3 is 64.8 Å². The summed E-state index contributed by atoms with van der Waals surface area (Å²) in [4.78, 5) is 133. The third-order valence-corrected chi connectivity index (χ3v) is 13.3. The third-order valence-electron chi connectivity index (χ3n) is 11.5. The van der Waals surface area contributed by atoms with Crippen molar-refractivity contribution in [2.24, 2.45) is 34.8 Å². The van der Waals surface area contributed by atoms with E-state index in [2.05, 4.69) is 31.9 Å². The molecule has 0 bridgehead atoms. The van der Waals surface area contributed by atoms with Crippen molar-refractivity contribution in [3.8, 4) is 5.75 Å². The molecule has 392 valence electrons. The first-order valence-corrected chi connectivity index (χ1v) is 25.1. The number of sulfone groups is 1. The number of carbonyl (C=O) groups excluding carboxylic acids is 10. The van der Waals surface area contributed by atoms with Crippen molar-refractivity contribution in [3.63, 3.8) is 0 Å². The fourth-order valence-corrected chi connectivity index (χ4v) is 8.96. The summed E-state index contributed by atoms with van der Waals surface area (Å²) in [7, 11) is -3.79. The minimum absolute atomic E-state index is 0.00688. The van der Waals surface area contributed by atoms with Gasteiger partial charge in [0.25, 0.3) is 0 Å². The van der Waals surface area contributed by atoms with E-state index in [0.29, 0.717) is 24.8 Å². The predicted octanol–water partition coefficient (Wildman–Crippen LogP) is -2.88. The Bertz CT molecular complexity index is 2150. The fraction of sp³-hybridized carbons (Fsp3) is 0.644. The van der Waals surface area contributed by atoms with E-state index in [4.69, 9.17) is 22.9 Å². The van der Waals surface area contributed by atoms with E-state index >= 15 is 0 Å². The molecule has 1 aliphatic rings. The smallest absolute Gasteiger partial charge is 0.245 e. The molecule has 7 atom stereocenters. The second-order valence-electron chi connectivity index (χ2n) is 18.5. The molecule has 2 rings (SSSR count). The zero-order valence-corrected chi connectivity index (χ0v) is 41.7. The lowest BCUT2D eigenvalue weighted by Gasteiger charge is -2.33. The normalized spacial score (nSPS) is 15.8. The van der Waals surface area contributed by atoms with Crippen LogP contribution in [-0.4, -0.2) is 144 Å². The molecule has 1 fully saturated rings. The van der Waals surface area contributed by atoms with E-state index in [1.165, 1.54) is 19.1 Å². The Morgan fingerprint density at radius 3 is 1.89 bits per heavy atom. The summed E-state index contributed by atoms with van der Waals surface area (Å²) in [6.45, 7) is 8.91. The van der Waals surface area contributed by atoms with Crippen LogP contribution in [0, 0.1) is 11.8 Å². The number of nitrogens with two attached hydrogens (primary N) is 4. The fourth-order valence-electron chi connectivity index (χ4n) is 7.54. The summed E-state index contributed by atoms with van der Waals surface area (Å²) in [6.07, 6.45) is -0.622. The molecule has 1 aromatic carbocycles. The molecular formula is C45H73N11O13S. The van der Waals surface area contributed by atoms with E-state index in [9.17, 15) is 61.5 Å². The van der Waals surface area contributed by atoms with Crippen LogP contribution >= 0.6 is 0 Å². The molecule has 15 N–H and O–H groups in total. The minimum Gasteiger partial charge on any atom is -0.508 e. The predicted molar refractivity (Wildman–Crippen MR) is 256 cm³/mol. The Hall–Kier alpha value is -6.37. The molecule has 25 heteroatoms. The largest absolute Gasteiger partial charge is 0.508 e. The SMILES string of the molecule is CCCS(=O)(=O)CC[C@H](NC(=O)[C@H](CC(N)=O)NC(=O)[C@H](CCC(N)=O)NC(=O)[C@@H](NC(=O)[C@@H](N)Cc1ccc(O)cc1)[C@@H](C)CC)C(=O)N(CC(=O)N[C@@](C)(CC(C)C)C(=O)NCC(N)=O)C1CC1. The van der Waals surface area contributed by atoms with Crippen molar-refractivity contribution in [2.75, 3.05) is 24.6 Å². The molecule has 1 aliphatic carbocycles. The zero-order valence-electron chi connectivity index (χ0n) is 40.8. The number of nitrogens with one attached hydrogen (secondary N) is 6. The Balaban J connectivity index is 2.45. The van der Waals surface area contributed by atoms with E-state index < -0.39 is 161 Å². The van der Waals surface area contributed by atoms with Gasteiger partial charge >= 0.3 is 0 Å². The van der Waals surface area contributed by atoms with Crippen LogP contribution in [0.4, 0.5) is 0 Å². The second kappa shape index (κ2) is 27.7. The van der Waals surface area contributed by atoms with Crippen LogP contribution in [-0.2, 0) is 64.2 Å². The molecule has 24 nitrogen and oxygen atoms in total. The highest BCUT2D eigenvalue weighted by Crippen LogP contribution is 2.28. The van der Waals surface area contributed by atoms with Crippen LogP contribution in [0.1, 0.15) is 105 Å². The maximum Gasteiger partial charge on any atom is 0.245 e. The Kier molecular flexibility index (Phi) is 23.7. The van der Waals surface area contributed by atoms with Gasteiger partial charge in [0.2, 0.25) is 59.1 Å². The number of hydrogen-bond acceptors (Lipinski definition) is 14. The number of primary amides is 3. The van der Waals surface area contributed by atoms with Crippen LogP contribution in [0.5, 0.6) is 5.75 Å². The van der Waals surface area contributed by atoms with Gasteiger partial charge in [-0.1, -0.05) is 53.2 Å². The molecule has 0 heterocycles. The third kappa shape index (κ3) is 20.7. The van der Waals surface area contributed by atoms with E-state index in [-0.39, 0.29) is 36.7 Å². The van der Waals surface area contributed by atoms with Crippen LogP contribution in [0.3, 0.4) is 0 Å². The second-order valence-corrected chi connectivity index (χ2v) is 20.8. The molecule has 1 saturated carbocycles. The summed E-state index contributed by atoms with van der Waals surface area (Å²) >= 11 is 0. The minimum atomic E-state index is -3.79. The van der Waals surface area contributed by atoms with Crippen LogP contribution in [0.2, 0.25) is 0 Å². The first-order valence-electron chi connectivity index (χ1n) is 23.3. The highest BCUT2D eigenvalue weighted by molar-refractivity contribution is 7.91. The van der Waals surface area contributed by atoms with Gasteiger partial charge in [0, 0.05) is 18.2 Å². The van der Waals surface area contributed by atoms with Crippen molar-refractivity contribution >= 4 is 68.9 Å². The average Bonchev–Trinajstić information content (AvgIpc) is 4.11. The van der Waals surface area contributed by atoms with E-state index in [1.54, 1.807) is 46.8 Å². The molecule has 0 aliphatic heterocycles. The number of aromatic hydroxyl groups is 1. The molecule has 0 spiro atoms. The average molecular weight is 1010 g/mol. The Labute approximate surface area is 408 Å². The summed E-state index contributed by atoms with van der Waals surface area (Å²) in [5.41, 5.74) is 21.3. The van der Waals surface area contributed by atoms with Gasteiger partial charge in [0.15, 0.2) is 0 Å². The number of rotatable bonds is 32. The number of carbonyl (C=O) groups is 10. The number of phenolic OH excluding ortho intramolecular Hbond substituents is 1. The lowest BCUT2D eigenvalue weighted by atomic mass is 9.89. The lowest BCUT2D eigenvalue weighted by molar-refractivity contribution is -0.142. The molecule has 70 heavy (non-hydrogen) atoms. The van der Waals surface area contributed by atoms with Crippen LogP contribution in [0.25, 0.3) is 0 Å². The van der Waals surface area contributed by atoms with Gasteiger partial charge in [-0.05, 0) is 81.4 Å². The van der Waals surface area contributed by atoms with Gasteiger partial charge in [0.05, 0.1) is 31.3 Å². The van der Waals surface area contributed by atoms with E-state index in [1.807, 2.05) is 0 Å². The Morgan fingerprint density at radius 2 is 1.36 bits per heavy atom. The highest BCUT2D eigenvalue weighted by Gasteiger charge is 2.42. The molecule has 10 amide bonds. The molecule has 1 aromatic rings. The summed E-state index contributed by atoms with van der Waals surface area (Å²) in [5, 5.41) is 24.5. The highest BCUT2D eigenvalue weighted by atomic mass is 32.2. The van der Waals surface area contributed by atoms with Crippen molar-refractivity contribution in [1.29, 1.82) is 0 Å². The first kappa shape index (κ1) is 59.8. The van der Waals surface area contributed by atoms with Crippen molar-refractivity contribution in [2.45, 2.75) is 148 Å². The first-order chi connectivity index (χ1) is 32.6. The maximum absolute atomic E-state index is 14.4. The molecule has 0 unspecified atom stereocenters. The van der Waals surface area contributed by atoms with Crippen LogP contribution in [0.15, 0.2) is 24.3 Å². The molecule has 0 saturated heterocycles. The van der Waals surface area contributed by atoms with Crippen molar-refractivity contribution in [3.05, 3.63) is 29.8 Å². The molecule has 0 aromatic heterocycles. The van der Waals surface area contributed by atoms with Gasteiger partial charge in [0.1, 0.15) is 45.3 Å². The van der Waals surface area contributed by atoms with Gasteiger partial charge in [-0.15, -0.1) is 0 Å². The standard InChI is InChI=1S/C45H73N11O13S/c1-7-18-70(68,69)19-17-32(43(66)56(28-11-12-28)24-37(61)55-45(6,22-25(3)4)44(67)50-23-36(49)60)52-41(64)33(21-35(48)59)53-40(63)31(15-16-34(47)58)51-42(65)38(26(5)8-2)54-39(62)30(46)20-27-9-13-29(57)14-10-27/h9-10,13-14,25-26,28,30-33,38,57H,7-8,11-12,15-24,46H2,1-6H3,(H2,47,58)(H2,48,59)(H2,49,60)(H,50,67)(H,51,65)(H,52,64)(H,53,63)(H,54,62)(H,55,61)/t26-,30-,31-,32-,33-,38-,45-/m0/s1. The lowest BCUT2D eigenvalue weighted by Crippen LogP contribution is -2.61. The van der Waals surface area contributed by atoms with E-state index in [0.717, 1.165) is 4.90 Å². The topological polar surface area (TPSA) is 405 Å². The number of benzene rings is 1. The number of hydrogen-bond donors (Lipinski definition) is 11.